The second-order valence-corrected chi connectivity index (χ2v) is 16.7. The van der Waals surface area contributed by atoms with E-state index in [1.165, 1.54) is 11.0 Å². The molecule has 0 aliphatic carbocycles. The van der Waals surface area contributed by atoms with Gasteiger partial charge in [0.2, 0.25) is 11.1 Å². The van der Waals surface area contributed by atoms with Crippen LogP contribution in [0.3, 0.4) is 0 Å². The van der Waals surface area contributed by atoms with E-state index < -0.39 is 11.3 Å². The first-order chi connectivity index (χ1) is 30.2. The first-order valence-corrected chi connectivity index (χ1v) is 21.6. The van der Waals surface area contributed by atoms with Gasteiger partial charge in [-0.25, -0.2) is 19.9 Å². The molecule has 8 rings (SSSR count). The van der Waals surface area contributed by atoms with Crippen LogP contribution in [0, 0.1) is 42.4 Å². The molecule has 16 heteroatoms. The van der Waals surface area contributed by atoms with Crippen LogP contribution in [-0.4, -0.2) is 74.8 Å². The highest BCUT2D eigenvalue weighted by molar-refractivity contribution is 6.66. The van der Waals surface area contributed by atoms with E-state index in [9.17, 15) is 20.1 Å². The minimum absolute atomic E-state index is 0.0344. The third kappa shape index (κ3) is 11.2. The second kappa shape index (κ2) is 21.1. The lowest BCUT2D eigenvalue weighted by molar-refractivity contribution is -0.127. The molecule has 0 saturated carbocycles. The van der Waals surface area contributed by atoms with Gasteiger partial charge in [0.1, 0.15) is 29.3 Å². The smallest absolute Gasteiger partial charge is 0.247 e. The number of aromatic nitrogens is 4. The molecule has 0 N–H and O–H groups in total. The van der Waals surface area contributed by atoms with E-state index in [1.807, 2.05) is 91.5 Å². The summed E-state index contributed by atoms with van der Waals surface area (Å²) in [7, 11) is 0. The molecular formula is C47H40Cl5N9O2. The van der Waals surface area contributed by atoms with Crippen molar-refractivity contribution in [1.29, 1.82) is 10.5 Å². The van der Waals surface area contributed by atoms with Gasteiger partial charge in [0, 0.05) is 58.1 Å². The summed E-state index contributed by atoms with van der Waals surface area (Å²) in [4.78, 5) is 45.8. The molecule has 11 nitrogen and oxygen atoms in total. The molecule has 2 aliphatic heterocycles. The summed E-state index contributed by atoms with van der Waals surface area (Å²) >= 11 is 29.9. The summed E-state index contributed by atoms with van der Waals surface area (Å²) in [5, 5.41) is 22.8. The highest BCUT2D eigenvalue weighted by atomic mass is 35.5. The summed E-state index contributed by atoms with van der Waals surface area (Å²) in [6, 6.07) is 26.8. The number of rotatable bonds is 6. The van der Waals surface area contributed by atoms with E-state index >= 15 is 0 Å². The molecule has 2 saturated heterocycles. The van der Waals surface area contributed by atoms with E-state index in [0.717, 1.165) is 81.2 Å². The Morgan fingerprint density at radius 3 is 1.59 bits per heavy atom. The maximum absolute atomic E-state index is 12.1. The number of nitrogens with zero attached hydrogens (tertiary/aromatic N) is 9. The number of nitriles is 2. The minimum atomic E-state index is -0.590. The molecule has 0 radical (unpaired) electrons. The lowest BCUT2D eigenvalue weighted by Gasteiger charge is -2.38. The van der Waals surface area contributed by atoms with Gasteiger partial charge in [-0.1, -0.05) is 83.8 Å². The fourth-order valence-corrected chi connectivity index (χ4v) is 8.21. The van der Waals surface area contributed by atoms with Gasteiger partial charge in [-0.05, 0) is 110 Å². The third-order valence-electron chi connectivity index (χ3n) is 10.4. The maximum Gasteiger partial charge on any atom is 0.247 e. The Bertz CT molecular complexity index is 2790. The number of anilines is 2. The van der Waals surface area contributed by atoms with E-state index in [2.05, 4.69) is 45.1 Å². The normalized spacial score (nSPS) is 15.9. The average molecular weight is 940 g/mol. The largest absolute Gasteiger partial charge is 0.355 e. The molecule has 2 aliphatic rings. The number of allylic oxidation sites excluding steroid dienone is 1. The summed E-state index contributed by atoms with van der Waals surface area (Å²) in [5.41, 5.74) is 5.23. The summed E-state index contributed by atoms with van der Waals surface area (Å²) in [6.45, 7) is 13.2. The molecule has 6 aromatic rings. The quantitative estimate of drug-likeness (QED) is 0.117. The van der Waals surface area contributed by atoms with Crippen LogP contribution in [0.5, 0.6) is 0 Å². The zero-order valence-corrected chi connectivity index (χ0v) is 38.1. The zero-order valence-electron chi connectivity index (χ0n) is 34.3. The van der Waals surface area contributed by atoms with Crippen molar-refractivity contribution in [1.82, 2.24) is 24.8 Å². The van der Waals surface area contributed by atoms with Crippen LogP contribution in [0.1, 0.15) is 24.5 Å². The highest BCUT2D eigenvalue weighted by Gasteiger charge is 2.31. The lowest BCUT2D eigenvalue weighted by Crippen LogP contribution is -2.54. The first-order valence-electron chi connectivity index (χ1n) is 19.7. The average Bonchev–Trinajstić information content (AvgIpc) is 3.28. The molecule has 1 amide bonds. The Labute approximate surface area is 390 Å². The van der Waals surface area contributed by atoms with Crippen molar-refractivity contribution in [2.24, 2.45) is 5.92 Å². The maximum atomic E-state index is 12.1. The van der Waals surface area contributed by atoms with Crippen molar-refractivity contribution in [2.75, 3.05) is 42.5 Å². The molecular weight excluding hydrogens is 900 g/mol. The van der Waals surface area contributed by atoms with Crippen LogP contribution in [-0.2, 0) is 9.59 Å². The summed E-state index contributed by atoms with van der Waals surface area (Å²) < 4.78 is 0. The van der Waals surface area contributed by atoms with Crippen molar-refractivity contribution < 1.29 is 9.59 Å². The Kier molecular flexibility index (Phi) is 15.6. The highest BCUT2D eigenvalue weighted by Crippen LogP contribution is 2.38. The molecule has 4 heterocycles. The van der Waals surface area contributed by atoms with Crippen molar-refractivity contribution in [2.45, 2.75) is 32.7 Å². The number of amides is 1. The Morgan fingerprint density at radius 2 is 1.16 bits per heavy atom. The predicted molar refractivity (Wildman–Crippen MR) is 255 cm³/mol. The van der Waals surface area contributed by atoms with Gasteiger partial charge in [0.15, 0.2) is 0 Å². The molecule has 4 aromatic carbocycles. The van der Waals surface area contributed by atoms with Gasteiger partial charge in [0.05, 0.1) is 45.7 Å². The van der Waals surface area contributed by atoms with Crippen molar-refractivity contribution in [3.8, 4) is 34.4 Å². The van der Waals surface area contributed by atoms with Crippen LogP contribution >= 0.6 is 58.0 Å². The molecule has 320 valence electrons. The number of fused-ring (bicyclic) bond motifs is 2. The Hall–Kier alpha value is -5.79. The van der Waals surface area contributed by atoms with Crippen molar-refractivity contribution in [3.63, 3.8) is 0 Å². The molecule has 0 spiro atoms. The van der Waals surface area contributed by atoms with Gasteiger partial charge in [-0.3, -0.25) is 9.59 Å². The number of hydrogen-bond acceptors (Lipinski definition) is 10. The topological polar surface area (TPSA) is 143 Å². The van der Waals surface area contributed by atoms with Crippen molar-refractivity contribution >= 4 is 103 Å². The van der Waals surface area contributed by atoms with E-state index in [4.69, 9.17) is 63.0 Å². The van der Waals surface area contributed by atoms with Gasteiger partial charge in [-0.15, -0.1) is 0 Å². The summed E-state index contributed by atoms with van der Waals surface area (Å²) in [6.07, 6.45) is 4.21. The van der Waals surface area contributed by atoms with Crippen molar-refractivity contribution in [3.05, 3.63) is 130 Å². The number of piperidine rings is 1. The number of carbonyl (C=O) groups is 2. The number of benzene rings is 4. The second-order valence-electron chi connectivity index (χ2n) is 14.7. The molecule has 2 unspecified atom stereocenters. The number of carbonyl (C=O) groups excluding carboxylic acids is 2. The van der Waals surface area contributed by atoms with E-state index in [-0.39, 0.29) is 11.8 Å². The van der Waals surface area contributed by atoms with Gasteiger partial charge < -0.3 is 14.7 Å². The van der Waals surface area contributed by atoms with Crippen LogP contribution < -0.4 is 9.80 Å². The number of aryl methyl sites for hydroxylation is 2. The Morgan fingerprint density at radius 1 is 0.683 bits per heavy atom. The SMILES string of the molecule is C=CC(=O)Cl.C=CC(=O)N1CCN(c2nc(C)nc3cc(Cl)c(-c4ccc(Cl)cc4)cc23)CC1C#N.Cc1nc(N2CCCC(C#N)C2)c2cc(-c3ccc(Cl)cc3)c(Cl)cc2n1. The third-order valence-corrected chi connectivity index (χ3v) is 11.7. The molecule has 2 atom stereocenters. The number of piperazine rings is 1. The molecule has 2 aromatic heterocycles. The van der Waals surface area contributed by atoms with Gasteiger partial charge in [0.25, 0.3) is 0 Å². The Balaban J connectivity index is 0.000000191. The van der Waals surface area contributed by atoms with Crippen LogP contribution in [0.15, 0.2) is 98.1 Å². The number of halogens is 5. The zero-order chi connectivity index (χ0) is 45.4. The van der Waals surface area contributed by atoms with Crippen LogP contribution in [0.25, 0.3) is 44.1 Å². The number of hydrogen-bond donors (Lipinski definition) is 0. The van der Waals surface area contributed by atoms with E-state index in [1.54, 1.807) is 0 Å². The lowest BCUT2D eigenvalue weighted by atomic mass is 9.98. The fraction of sp³-hybridized carbons (Fsp3) is 0.234. The first kappa shape index (κ1) is 46.7. The van der Waals surface area contributed by atoms with Gasteiger partial charge in [-0.2, -0.15) is 10.5 Å². The fourth-order valence-electron chi connectivity index (χ4n) is 7.42. The van der Waals surface area contributed by atoms with Gasteiger partial charge >= 0.3 is 0 Å². The van der Waals surface area contributed by atoms with Crippen LogP contribution in [0.4, 0.5) is 11.6 Å². The summed E-state index contributed by atoms with van der Waals surface area (Å²) in [5.74, 6) is 2.70. The molecule has 63 heavy (non-hydrogen) atoms. The predicted octanol–water partition coefficient (Wildman–Crippen LogP) is 11.2. The monoisotopic (exact) mass is 937 g/mol. The molecule has 0 bridgehead atoms. The minimum Gasteiger partial charge on any atom is -0.355 e. The van der Waals surface area contributed by atoms with E-state index in [0.29, 0.717) is 57.9 Å². The van der Waals surface area contributed by atoms with Crippen LogP contribution in [0.2, 0.25) is 20.1 Å². The standard InChI is InChI=1S/C23H19Cl2N5O.C21H18Cl2N4.C3H3ClO/c1-3-22(31)30-9-8-29(13-17(30)12-26)23-19-10-18(15-4-6-16(24)7-5-15)20(25)11-21(19)27-14(2)28-23;1-13-25-20-10-19(23)17(15-4-6-16(22)7-5-15)9-18(20)21(26-13)27-8-2-3-14(11-24)12-27;1-2-3(4)5/h3-7,10-11,17H,1,8-9,13H2,2H3;4-7,9-10,14H,2-3,8,12H2,1H3;2H,1H2. The molecule has 2 fully saturated rings.